The van der Waals surface area contributed by atoms with E-state index in [1.54, 1.807) is 12.3 Å². The Labute approximate surface area is 118 Å². The predicted octanol–water partition coefficient (Wildman–Crippen LogP) is 2.58. The zero-order chi connectivity index (χ0) is 13.9. The molecule has 1 N–H and O–H groups in total. The Hall–Kier alpha value is -1.52. The van der Waals surface area contributed by atoms with Gasteiger partial charge in [0.25, 0.3) is 0 Å². The third-order valence-corrected chi connectivity index (χ3v) is 4.11. The standard InChI is InChI=1S/C16H19FN2O/c17-15-8-13-2-1-5-18-16(13)14(9-15)10-19-6-3-12(11-20)4-7-19/h1-2,5,8-9,12,20H,3-4,6-7,10-11H2. The van der Waals surface area contributed by atoms with E-state index in [1.807, 2.05) is 12.1 Å². The van der Waals surface area contributed by atoms with Crippen molar-refractivity contribution in [2.24, 2.45) is 5.92 Å². The van der Waals surface area contributed by atoms with Gasteiger partial charge in [0.05, 0.1) is 5.52 Å². The van der Waals surface area contributed by atoms with Crippen LogP contribution in [-0.4, -0.2) is 34.7 Å². The molecule has 1 aromatic carbocycles. The number of aliphatic hydroxyl groups is 1. The topological polar surface area (TPSA) is 36.4 Å². The lowest BCUT2D eigenvalue weighted by Gasteiger charge is -2.31. The van der Waals surface area contributed by atoms with Gasteiger partial charge in [-0.15, -0.1) is 0 Å². The summed E-state index contributed by atoms with van der Waals surface area (Å²) < 4.78 is 13.7. The van der Waals surface area contributed by atoms with Crippen LogP contribution in [0.3, 0.4) is 0 Å². The van der Waals surface area contributed by atoms with Gasteiger partial charge in [-0.05, 0) is 55.6 Å². The number of nitrogens with zero attached hydrogens (tertiary/aromatic N) is 2. The number of halogens is 1. The first-order chi connectivity index (χ1) is 9.76. The SMILES string of the molecule is OCC1CCN(Cc2cc(F)cc3cccnc23)CC1. The highest BCUT2D eigenvalue weighted by Crippen LogP contribution is 2.23. The molecular weight excluding hydrogens is 255 g/mol. The summed E-state index contributed by atoms with van der Waals surface area (Å²) in [4.78, 5) is 6.70. The van der Waals surface area contributed by atoms with E-state index >= 15 is 0 Å². The van der Waals surface area contributed by atoms with E-state index in [0.29, 0.717) is 5.92 Å². The molecule has 20 heavy (non-hydrogen) atoms. The second-order valence-corrected chi connectivity index (χ2v) is 5.54. The molecule has 1 fully saturated rings. The molecule has 3 nitrogen and oxygen atoms in total. The molecule has 0 bridgehead atoms. The molecule has 0 radical (unpaired) electrons. The van der Waals surface area contributed by atoms with E-state index in [-0.39, 0.29) is 12.4 Å². The lowest BCUT2D eigenvalue weighted by Crippen LogP contribution is -2.34. The minimum atomic E-state index is -0.203. The molecule has 3 rings (SSSR count). The number of piperidine rings is 1. The van der Waals surface area contributed by atoms with E-state index < -0.39 is 0 Å². The van der Waals surface area contributed by atoms with Gasteiger partial charge >= 0.3 is 0 Å². The number of rotatable bonds is 3. The molecule has 1 aromatic heterocycles. The average molecular weight is 274 g/mol. The van der Waals surface area contributed by atoms with Crippen LogP contribution in [0.25, 0.3) is 10.9 Å². The predicted molar refractivity (Wildman–Crippen MR) is 76.8 cm³/mol. The Morgan fingerprint density at radius 2 is 2.10 bits per heavy atom. The molecule has 0 atom stereocenters. The Kier molecular flexibility index (Phi) is 3.94. The van der Waals surface area contributed by atoms with Gasteiger partial charge in [-0.25, -0.2) is 4.39 Å². The van der Waals surface area contributed by atoms with Crippen LogP contribution in [0.2, 0.25) is 0 Å². The summed E-state index contributed by atoms with van der Waals surface area (Å²) in [5.74, 6) is 0.222. The number of aliphatic hydroxyl groups excluding tert-OH is 1. The Morgan fingerprint density at radius 3 is 2.85 bits per heavy atom. The largest absolute Gasteiger partial charge is 0.396 e. The number of aromatic nitrogens is 1. The van der Waals surface area contributed by atoms with Crippen LogP contribution in [0, 0.1) is 11.7 Å². The Morgan fingerprint density at radius 1 is 1.30 bits per heavy atom. The van der Waals surface area contributed by atoms with Gasteiger partial charge in [0.2, 0.25) is 0 Å². The van der Waals surface area contributed by atoms with Gasteiger partial charge in [0, 0.05) is 24.7 Å². The van der Waals surface area contributed by atoms with Crippen molar-refractivity contribution in [2.45, 2.75) is 19.4 Å². The number of hydrogen-bond donors (Lipinski definition) is 1. The zero-order valence-corrected chi connectivity index (χ0v) is 11.4. The first kappa shape index (κ1) is 13.5. The summed E-state index contributed by atoms with van der Waals surface area (Å²) in [6.07, 6.45) is 3.77. The van der Waals surface area contributed by atoms with Crippen molar-refractivity contribution < 1.29 is 9.50 Å². The highest BCUT2D eigenvalue weighted by atomic mass is 19.1. The second kappa shape index (κ2) is 5.85. The Balaban J connectivity index is 1.81. The van der Waals surface area contributed by atoms with E-state index in [0.717, 1.165) is 48.9 Å². The maximum absolute atomic E-state index is 13.7. The van der Waals surface area contributed by atoms with Crippen molar-refractivity contribution in [1.29, 1.82) is 0 Å². The minimum Gasteiger partial charge on any atom is -0.396 e. The van der Waals surface area contributed by atoms with Crippen molar-refractivity contribution in [3.8, 4) is 0 Å². The molecule has 1 saturated heterocycles. The summed E-state index contributed by atoms with van der Waals surface area (Å²) in [5.41, 5.74) is 1.83. The van der Waals surface area contributed by atoms with E-state index in [4.69, 9.17) is 5.11 Å². The molecule has 0 aliphatic carbocycles. The maximum atomic E-state index is 13.7. The van der Waals surface area contributed by atoms with Crippen LogP contribution in [0.5, 0.6) is 0 Å². The summed E-state index contributed by atoms with van der Waals surface area (Å²) >= 11 is 0. The quantitative estimate of drug-likeness (QED) is 0.934. The highest BCUT2D eigenvalue weighted by molar-refractivity contribution is 5.81. The van der Waals surface area contributed by atoms with E-state index in [9.17, 15) is 4.39 Å². The molecular formula is C16H19FN2O. The molecule has 0 saturated carbocycles. The second-order valence-electron chi connectivity index (χ2n) is 5.54. The molecule has 2 heterocycles. The van der Waals surface area contributed by atoms with Gasteiger partial charge < -0.3 is 5.11 Å². The molecule has 106 valence electrons. The fraction of sp³-hybridized carbons (Fsp3) is 0.438. The lowest BCUT2D eigenvalue weighted by molar-refractivity contribution is 0.127. The third-order valence-electron chi connectivity index (χ3n) is 4.11. The fourth-order valence-corrected chi connectivity index (χ4v) is 2.92. The van der Waals surface area contributed by atoms with Crippen molar-refractivity contribution in [2.75, 3.05) is 19.7 Å². The number of hydrogen-bond acceptors (Lipinski definition) is 3. The van der Waals surface area contributed by atoms with Crippen LogP contribution in [0.4, 0.5) is 4.39 Å². The number of likely N-dealkylation sites (tertiary alicyclic amines) is 1. The fourth-order valence-electron chi connectivity index (χ4n) is 2.92. The average Bonchev–Trinajstić information content (AvgIpc) is 2.48. The normalized spacial score (nSPS) is 17.7. The first-order valence-corrected chi connectivity index (χ1v) is 7.12. The van der Waals surface area contributed by atoms with Gasteiger partial charge in [-0.1, -0.05) is 6.07 Å². The van der Waals surface area contributed by atoms with E-state index in [2.05, 4.69) is 9.88 Å². The van der Waals surface area contributed by atoms with Gasteiger partial charge in [0.1, 0.15) is 5.82 Å². The monoisotopic (exact) mass is 274 g/mol. The molecule has 1 aliphatic heterocycles. The minimum absolute atomic E-state index is 0.203. The van der Waals surface area contributed by atoms with Crippen LogP contribution < -0.4 is 0 Å². The number of pyridine rings is 1. The van der Waals surface area contributed by atoms with Crippen molar-refractivity contribution in [3.63, 3.8) is 0 Å². The van der Waals surface area contributed by atoms with Crippen LogP contribution >= 0.6 is 0 Å². The van der Waals surface area contributed by atoms with Crippen LogP contribution in [0.1, 0.15) is 18.4 Å². The third kappa shape index (κ3) is 2.81. The van der Waals surface area contributed by atoms with Crippen molar-refractivity contribution in [1.82, 2.24) is 9.88 Å². The summed E-state index contributed by atoms with van der Waals surface area (Å²) in [6, 6.07) is 6.85. The van der Waals surface area contributed by atoms with Gasteiger partial charge in [-0.3, -0.25) is 9.88 Å². The summed E-state index contributed by atoms with van der Waals surface area (Å²) in [5, 5.41) is 10.0. The first-order valence-electron chi connectivity index (χ1n) is 7.12. The summed E-state index contributed by atoms with van der Waals surface area (Å²) in [7, 11) is 0. The summed E-state index contributed by atoms with van der Waals surface area (Å²) in [6.45, 7) is 2.91. The molecule has 0 unspecified atom stereocenters. The van der Waals surface area contributed by atoms with Gasteiger partial charge in [-0.2, -0.15) is 0 Å². The van der Waals surface area contributed by atoms with E-state index in [1.165, 1.54) is 6.07 Å². The van der Waals surface area contributed by atoms with Crippen LogP contribution in [-0.2, 0) is 6.54 Å². The number of benzene rings is 1. The van der Waals surface area contributed by atoms with Crippen molar-refractivity contribution in [3.05, 3.63) is 41.8 Å². The van der Waals surface area contributed by atoms with Crippen molar-refractivity contribution >= 4 is 10.9 Å². The Bertz CT molecular complexity index is 594. The zero-order valence-electron chi connectivity index (χ0n) is 11.4. The molecule has 0 amide bonds. The molecule has 2 aromatic rings. The van der Waals surface area contributed by atoms with Gasteiger partial charge in [0.15, 0.2) is 0 Å². The van der Waals surface area contributed by atoms with Crippen LogP contribution in [0.15, 0.2) is 30.5 Å². The molecule has 0 spiro atoms. The number of fused-ring (bicyclic) bond motifs is 1. The molecule has 4 heteroatoms. The smallest absolute Gasteiger partial charge is 0.124 e. The lowest BCUT2D eigenvalue weighted by atomic mass is 9.97. The maximum Gasteiger partial charge on any atom is 0.124 e. The molecule has 1 aliphatic rings. The highest BCUT2D eigenvalue weighted by Gasteiger charge is 2.19.